The van der Waals surface area contributed by atoms with Gasteiger partial charge in [-0.2, -0.15) is 0 Å². The van der Waals surface area contributed by atoms with E-state index < -0.39 is 5.91 Å². The summed E-state index contributed by atoms with van der Waals surface area (Å²) in [5, 5.41) is 2.98. The Morgan fingerprint density at radius 3 is 2.33 bits per heavy atom. The minimum Gasteiger partial charge on any atom is -0.369 e. The molecule has 0 aromatic heterocycles. The zero-order valence-electron chi connectivity index (χ0n) is 15.4. The first-order valence-corrected chi connectivity index (χ1v) is 10.4. The SMILES string of the molecule is NC(=O)CSc1ccccc1NC(=O)C1CCN(C(=O)N2CCCC2)CC1. The highest BCUT2D eigenvalue weighted by Crippen LogP contribution is 2.28. The molecule has 2 saturated heterocycles. The molecule has 2 heterocycles. The van der Waals surface area contributed by atoms with Crippen LogP contribution in [0.5, 0.6) is 0 Å². The van der Waals surface area contributed by atoms with E-state index in [1.807, 2.05) is 34.1 Å². The molecule has 146 valence electrons. The highest BCUT2D eigenvalue weighted by atomic mass is 32.2. The lowest BCUT2D eigenvalue weighted by molar-refractivity contribution is -0.121. The second-order valence-corrected chi connectivity index (χ2v) is 8.00. The number of likely N-dealkylation sites (tertiary alicyclic amines) is 2. The maximum absolute atomic E-state index is 12.7. The topological polar surface area (TPSA) is 95.7 Å². The molecule has 3 N–H and O–H groups in total. The zero-order valence-corrected chi connectivity index (χ0v) is 16.2. The van der Waals surface area contributed by atoms with Crippen molar-refractivity contribution in [3.8, 4) is 0 Å². The molecular weight excluding hydrogens is 364 g/mol. The molecule has 7 nitrogen and oxygen atoms in total. The standard InChI is InChI=1S/C19H26N4O3S/c20-17(24)13-27-16-6-2-1-5-15(16)21-18(25)14-7-11-23(12-8-14)19(26)22-9-3-4-10-22/h1-2,5-6,14H,3-4,7-13H2,(H2,20,24)(H,21,25). The Bertz CT molecular complexity index is 698. The summed E-state index contributed by atoms with van der Waals surface area (Å²) in [6.45, 7) is 2.93. The van der Waals surface area contributed by atoms with Crippen LogP contribution in [-0.2, 0) is 9.59 Å². The third-order valence-corrected chi connectivity index (χ3v) is 6.12. The monoisotopic (exact) mass is 390 g/mol. The van der Waals surface area contributed by atoms with Crippen molar-refractivity contribution in [1.82, 2.24) is 9.80 Å². The summed E-state index contributed by atoms with van der Waals surface area (Å²) < 4.78 is 0. The van der Waals surface area contributed by atoms with Crippen LogP contribution >= 0.6 is 11.8 Å². The van der Waals surface area contributed by atoms with Gasteiger partial charge < -0.3 is 20.9 Å². The number of anilines is 1. The number of benzene rings is 1. The number of thioether (sulfide) groups is 1. The van der Waals surface area contributed by atoms with Gasteiger partial charge in [0.25, 0.3) is 0 Å². The molecule has 0 aliphatic carbocycles. The van der Waals surface area contributed by atoms with Crippen molar-refractivity contribution in [3.63, 3.8) is 0 Å². The number of nitrogens with zero attached hydrogens (tertiary/aromatic N) is 2. The highest BCUT2D eigenvalue weighted by molar-refractivity contribution is 8.00. The quantitative estimate of drug-likeness (QED) is 0.753. The third-order valence-electron chi connectivity index (χ3n) is 5.03. The van der Waals surface area contributed by atoms with E-state index in [0.717, 1.165) is 30.8 Å². The van der Waals surface area contributed by atoms with Crippen LogP contribution in [0, 0.1) is 5.92 Å². The molecule has 2 aliphatic rings. The Kier molecular flexibility index (Phi) is 6.60. The minimum absolute atomic E-state index is 0.0320. The second kappa shape index (κ2) is 9.12. The van der Waals surface area contributed by atoms with E-state index >= 15 is 0 Å². The van der Waals surface area contributed by atoms with Crippen molar-refractivity contribution >= 4 is 35.3 Å². The van der Waals surface area contributed by atoms with Crippen molar-refractivity contribution in [3.05, 3.63) is 24.3 Å². The summed E-state index contributed by atoms with van der Waals surface area (Å²) in [5.41, 5.74) is 5.91. The van der Waals surface area contributed by atoms with Gasteiger partial charge in [0.05, 0.1) is 11.4 Å². The van der Waals surface area contributed by atoms with Crippen LogP contribution in [0.25, 0.3) is 0 Å². The first kappa shape index (κ1) is 19.5. The predicted octanol–water partition coefficient (Wildman–Crippen LogP) is 2.13. The van der Waals surface area contributed by atoms with Crippen LogP contribution < -0.4 is 11.1 Å². The molecule has 0 atom stereocenters. The fraction of sp³-hybridized carbons (Fsp3) is 0.526. The van der Waals surface area contributed by atoms with E-state index in [1.165, 1.54) is 11.8 Å². The van der Waals surface area contributed by atoms with E-state index in [1.54, 1.807) is 0 Å². The number of carbonyl (C=O) groups excluding carboxylic acids is 3. The van der Waals surface area contributed by atoms with Gasteiger partial charge in [-0.05, 0) is 37.8 Å². The smallest absolute Gasteiger partial charge is 0.319 e. The first-order valence-electron chi connectivity index (χ1n) is 9.39. The number of hydrogen-bond donors (Lipinski definition) is 2. The van der Waals surface area contributed by atoms with Gasteiger partial charge in [0.15, 0.2) is 0 Å². The number of urea groups is 1. The molecule has 3 rings (SSSR count). The molecule has 1 aromatic rings. The summed E-state index contributed by atoms with van der Waals surface area (Å²) in [6.07, 6.45) is 3.50. The molecule has 0 unspecified atom stereocenters. The number of amides is 4. The van der Waals surface area contributed by atoms with Gasteiger partial charge in [0, 0.05) is 37.0 Å². The van der Waals surface area contributed by atoms with Crippen molar-refractivity contribution in [1.29, 1.82) is 0 Å². The van der Waals surface area contributed by atoms with E-state index in [2.05, 4.69) is 5.32 Å². The number of carbonyl (C=O) groups is 3. The summed E-state index contributed by atoms with van der Waals surface area (Å²) in [6, 6.07) is 7.51. The number of nitrogens with two attached hydrogens (primary N) is 1. The Hall–Kier alpha value is -2.22. The van der Waals surface area contributed by atoms with Crippen LogP contribution in [0.4, 0.5) is 10.5 Å². The Labute approximate surface area is 163 Å². The van der Waals surface area contributed by atoms with Crippen molar-refractivity contribution < 1.29 is 14.4 Å². The molecule has 0 saturated carbocycles. The number of para-hydroxylation sites is 1. The number of nitrogens with one attached hydrogen (secondary N) is 1. The van der Waals surface area contributed by atoms with Crippen LogP contribution in [0.15, 0.2) is 29.2 Å². The van der Waals surface area contributed by atoms with Crippen molar-refractivity contribution in [2.75, 3.05) is 37.2 Å². The third kappa shape index (κ3) is 5.15. The van der Waals surface area contributed by atoms with Crippen LogP contribution in [-0.4, -0.2) is 59.6 Å². The summed E-state index contributed by atoms with van der Waals surface area (Å²) >= 11 is 1.31. The van der Waals surface area contributed by atoms with Gasteiger partial charge >= 0.3 is 6.03 Å². The van der Waals surface area contributed by atoms with E-state index in [-0.39, 0.29) is 23.6 Å². The normalized spacial score (nSPS) is 17.8. The molecule has 8 heteroatoms. The minimum atomic E-state index is -0.392. The van der Waals surface area contributed by atoms with Gasteiger partial charge in [0.1, 0.15) is 0 Å². The number of piperidine rings is 1. The van der Waals surface area contributed by atoms with Gasteiger partial charge in [-0.25, -0.2) is 4.79 Å². The van der Waals surface area contributed by atoms with Crippen molar-refractivity contribution in [2.24, 2.45) is 11.7 Å². The second-order valence-electron chi connectivity index (χ2n) is 6.98. The molecule has 0 bridgehead atoms. The fourth-order valence-corrected chi connectivity index (χ4v) is 4.27. The lowest BCUT2D eigenvalue weighted by Gasteiger charge is -2.34. The van der Waals surface area contributed by atoms with Gasteiger partial charge in [-0.3, -0.25) is 9.59 Å². The Balaban J connectivity index is 1.52. The Morgan fingerprint density at radius 1 is 1.04 bits per heavy atom. The van der Waals surface area contributed by atoms with E-state index in [9.17, 15) is 14.4 Å². The molecule has 0 spiro atoms. The average Bonchev–Trinajstić information content (AvgIpc) is 3.21. The summed E-state index contributed by atoms with van der Waals surface area (Å²) in [5.74, 6) is -0.363. The maximum Gasteiger partial charge on any atom is 0.319 e. The predicted molar refractivity (Wildman–Crippen MR) is 105 cm³/mol. The molecule has 2 fully saturated rings. The molecular formula is C19H26N4O3S. The largest absolute Gasteiger partial charge is 0.369 e. The fourth-order valence-electron chi connectivity index (χ4n) is 3.52. The maximum atomic E-state index is 12.7. The van der Waals surface area contributed by atoms with Crippen molar-refractivity contribution in [2.45, 2.75) is 30.6 Å². The molecule has 27 heavy (non-hydrogen) atoms. The summed E-state index contributed by atoms with van der Waals surface area (Å²) in [7, 11) is 0. The van der Waals surface area contributed by atoms with Gasteiger partial charge in [0.2, 0.25) is 11.8 Å². The zero-order chi connectivity index (χ0) is 19.2. The lowest BCUT2D eigenvalue weighted by Crippen LogP contribution is -2.47. The van der Waals surface area contributed by atoms with Crippen LogP contribution in [0.2, 0.25) is 0 Å². The molecule has 1 aromatic carbocycles. The molecule has 0 radical (unpaired) electrons. The van der Waals surface area contributed by atoms with Crippen LogP contribution in [0.3, 0.4) is 0 Å². The molecule has 2 aliphatic heterocycles. The molecule has 4 amide bonds. The number of primary amides is 1. The highest BCUT2D eigenvalue weighted by Gasteiger charge is 2.30. The lowest BCUT2D eigenvalue weighted by atomic mass is 9.96. The average molecular weight is 391 g/mol. The van der Waals surface area contributed by atoms with Gasteiger partial charge in [-0.1, -0.05) is 12.1 Å². The Morgan fingerprint density at radius 2 is 1.67 bits per heavy atom. The van der Waals surface area contributed by atoms with E-state index in [0.29, 0.717) is 31.6 Å². The van der Waals surface area contributed by atoms with Gasteiger partial charge in [-0.15, -0.1) is 11.8 Å². The van der Waals surface area contributed by atoms with E-state index in [4.69, 9.17) is 5.73 Å². The number of rotatable bonds is 5. The van der Waals surface area contributed by atoms with Crippen LogP contribution in [0.1, 0.15) is 25.7 Å². The summed E-state index contributed by atoms with van der Waals surface area (Å²) in [4.78, 5) is 40.7. The first-order chi connectivity index (χ1) is 13.0. The number of hydrogen-bond acceptors (Lipinski definition) is 4.